The van der Waals surface area contributed by atoms with Crippen LogP contribution < -0.4 is 26.0 Å². The molecule has 3 aromatic heterocycles. The summed E-state index contributed by atoms with van der Waals surface area (Å²) in [6, 6.07) is 13.8. The molecule has 0 saturated carbocycles. The number of aromatic nitrogens is 6. The van der Waals surface area contributed by atoms with Crippen molar-refractivity contribution in [3.05, 3.63) is 113 Å². The third-order valence-corrected chi connectivity index (χ3v) is 14.9. The molecule has 414 valence electrons. The molecule has 3 aromatic carbocycles. The minimum absolute atomic E-state index is 0.0319. The van der Waals surface area contributed by atoms with Gasteiger partial charge in [0.25, 0.3) is 0 Å². The van der Waals surface area contributed by atoms with Gasteiger partial charge >= 0.3 is 0 Å². The highest BCUT2D eigenvalue weighted by Gasteiger charge is 2.44. The molecule has 6 aromatic rings. The third-order valence-electron chi connectivity index (χ3n) is 13.6. The number of thiazole rings is 1. The van der Waals surface area contributed by atoms with Gasteiger partial charge in [-0.15, -0.1) is 16.4 Å². The van der Waals surface area contributed by atoms with Gasteiger partial charge in [0.1, 0.15) is 42.4 Å². The number of rotatable bonds is 24. The molecule has 3 atom stereocenters. The number of nitrogens with zero attached hydrogens (tertiary/aromatic N) is 8. The lowest BCUT2D eigenvalue weighted by Gasteiger charge is -2.35. The van der Waals surface area contributed by atoms with E-state index in [1.807, 2.05) is 69.7 Å². The highest BCUT2D eigenvalue weighted by molar-refractivity contribution is 7.13. The van der Waals surface area contributed by atoms with E-state index in [1.165, 1.54) is 35.9 Å². The van der Waals surface area contributed by atoms with E-state index in [2.05, 4.69) is 51.4 Å². The van der Waals surface area contributed by atoms with E-state index in [0.717, 1.165) is 72.6 Å². The number of piperidine rings is 1. The van der Waals surface area contributed by atoms with Gasteiger partial charge in [0, 0.05) is 55.5 Å². The van der Waals surface area contributed by atoms with Crippen molar-refractivity contribution in [1.82, 2.24) is 50.4 Å². The van der Waals surface area contributed by atoms with Crippen LogP contribution in [0.15, 0.2) is 84.8 Å². The van der Waals surface area contributed by atoms with Gasteiger partial charge in [-0.1, -0.05) is 74.3 Å². The van der Waals surface area contributed by atoms with E-state index in [1.54, 1.807) is 34.2 Å². The Kier molecular flexibility index (Phi) is 19.9. The van der Waals surface area contributed by atoms with Gasteiger partial charge in [-0.25, -0.2) is 24.0 Å². The van der Waals surface area contributed by atoms with Crippen molar-refractivity contribution in [3.8, 4) is 16.2 Å². The SMILES string of the molecule is Cc1ncsc1-c1ccc(CNC(=O)[C@@H]2C[C@@H](O)CN2C(=O)[C@@H](NC(=O)COCCn2cc(CCCCCOc3cc4ncnc(Nc5ccc(F)c(Cl)c5)c4cc3NC(=O)/C=C/CN3CCCCC3)nn2)C(C)(C)C)cc1. The first-order chi connectivity index (χ1) is 37.6. The Labute approximate surface area is 462 Å². The first-order valence-electron chi connectivity index (χ1n) is 26.4. The summed E-state index contributed by atoms with van der Waals surface area (Å²) in [5, 5.41) is 31.7. The second kappa shape index (κ2) is 27.1. The van der Waals surface area contributed by atoms with Gasteiger partial charge in [-0.3, -0.25) is 24.1 Å². The van der Waals surface area contributed by atoms with E-state index >= 15 is 0 Å². The van der Waals surface area contributed by atoms with Gasteiger partial charge in [-0.05, 0) is 99.3 Å². The highest BCUT2D eigenvalue weighted by Crippen LogP contribution is 2.35. The lowest BCUT2D eigenvalue weighted by Crippen LogP contribution is -2.58. The predicted octanol–water partition coefficient (Wildman–Crippen LogP) is 7.79. The molecule has 4 amide bonds. The molecule has 2 fully saturated rings. The van der Waals surface area contributed by atoms with E-state index in [9.17, 15) is 28.7 Å². The van der Waals surface area contributed by atoms with Crippen molar-refractivity contribution in [1.29, 1.82) is 0 Å². The number of anilines is 3. The fourth-order valence-electron chi connectivity index (χ4n) is 9.37. The number of likely N-dealkylation sites (tertiary alicyclic amines) is 2. The summed E-state index contributed by atoms with van der Waals surface area (Å²) in [6.07, 6.45) is 12.4. The number of benzene rings is 3. The Morgan fingerprint density at radius 3 is 2.55 bits per heavy atom. The molecule has 0 bridgehead atoms. The first kappa shape index (κ1) is 57.3. The van der Waals surface area contributed by atoms with Crippen LogP contribution in [0.1, 0.15) is 82.7 Å². The lowest BCUT2D eigenvalue weighted by atomic mass is 9.85. The molecule has 0 aliphatic carbocycles. The number of β-amino-alcohol motifs (C(OH)–C–C–N with tert-alkyl or cyclic N) is 1. The van der Waals surface area contributed by atoms with Gasteiger partial charge in [0.15, 0.2) is 0 Å². The topological polar surface area (TPSA) is 231 Å². The quantitative estimate of drug-likeness (QED) is 0.0288. The Morgan fingerprint density at radius 2 is 1.79 bits per heavy atom. The summed E-state index contributed by atoms with van der Waals surface area (Å²) >= 11 is 7.61. The molecular weight excluding hydrogens is 1040 g/mol. The molecule has 8 rings (SSSR count). The molecule has 5 heterocycles. The zero-order chi connectivity index (χ0) is 55.2. The van der Waals surface area contributed by atoms with E-state index in [0.29, 0.717) is 60.0 Å². The molecule has 2 aliphatic heterocycles. The van der Waals surface area contributed by atoms with Crippen molar-refractivity contribution in [2.45, 2.75) is 110 Å². The standard InChI is InChI=1S/C56H68ClFN12O7S/c1-36-51(78-35-62-36)38-16-14-37(15-17-38)30-59-54(74)47-27-41(71)32-70(47)55(75)52(56(2,3)4)65-50(73)33-76-25-23-69-31-40(66-67-69)12-7-5-10-24-77-48-29-45-42(53(61-34-60-45)63-39-18-19-44(58)43(57)26-39)28-46(48)64-49(72)13-11-22-68-20-8-6-9-21-68/h11,13-19,26,28-29,31,34-35,41,47,52,71H,5-10,12,20-25,27,30,32-33H2,1-4H3,(H,59,74)(H,64,72)(H,65,73)(H,60,61,63)/b13-11+/t41-,47+,52-/m1/s1. The Balaban J connectivity index is 0.771. The molecule has 2 saturated heterocycles. The summed E-state index contributed by atoms with van der Waals surface area (Å²) in [7, 11) is 0. The van der Waals surface area contributed by atoms with E-state index in [4.69, 9.17) is 21.1 Å². The number of halogens is 2. The summed E-state index contributed by atoms with van der Waals surface area (Å²) in [5.41, 5.74) is 6.32. The molecular formula is C56H68ClFN12O7S. The maximum atomic E-state index is 14.1. The van der Waals surface area contributed by atoms with E-state index < -0.39 is 41.2 Å². The first-order valence-corrected chi connectivity index (χ1v) is 27.7. The van der Waals surface area contributed by atoms with Crippen molar-refractivity contribution < 1.29 is 38.1 Å². The number of carbonyl (C=O) groups is 4. The summed E-state index contributed by atoms with van der Waals surface area (Å²) in [6.45, 7) is 11.0. The number of aliphatic hydroxyl groups is 1. The number of unbranched alkanes of at least 4 members (excludes halogenated alkanes) is 2. The van der Waals surface area contributed by atoms with Gasteiger partial charge < -0.3 is 40.7 Å². The minimum Gasteiger partial charge on any atom is -0.491 e. The Hall–Kier alpha value is -6.91. The molecule has 19 nitrogen and oxygen atoms in total. The molecule has 0 radical (unpaired) electrons. The molecule has 78 heavy (non-hydrogen) atoms. The highest BCUT2D eigenvalue weighted by atomic mass is 35.5. The molecule has 5 N–H and O–H groups in total. The smallest absolute Gasteiger partial charge is 0.248 e. The largest absolute Gasteiger partial charge is 0.491 e. The molecule has 22 heteroatoms. The maximum Gasteiger partial charge on any atom is 0.248 e. The molecule has 2 aliphatic rings. The maximum absolute atomic E-state index is 14.1. The number of hydrogen-bond donors (Lipinski definition) is 5. The zero-order valence-electron chi connectivity index (χ0n) is 44.5. The van der Waals surface area contributed by atoms with Crippen molar-refractivity contribution >= 4 is 74.7 Å². The minimum atomic E-state index is -0.990. The average molecular weight is 1110 g/mol. The van der Waals surface area contributed by atoms with Crippen LogP contribution in [0.3, 0.4) is 0 Å². The normalized spacial score (nSPS) is 16.4. The fourth-order valence-corrected chi connectivity index (χ4v) is 10.4. The van der Waals surface area contributed by atoms with Crippen LogP contribution in [0.5, 0.6) is 5.75 Å². The van der Waals surface area contributed by atoms with Gasteiger partial charge in [-0.2, -0.15) is 0 Å². The number of fused-ring (bicyclic) bond motifs is 1. The van der Waals surface area contributed by atoms with Crippen LogP contribution >= 0.6 is 22.9 Å². The second-order valence-electron chi connectivity index (χ2n) is 20.7. The number of amides is 4. The van der Waals surface area contributed by atoms with Crippen LogP contribution in [0, 0.1) is 18.2 Å². The number of aliphatic hydroxyl groups excluding tert-OH is 1. The molecule has 0 spiro atoms. The third kappa shape index (κ3) is 15.9. The lowest BCUT2D eigenvalue weighted by molar-refractivity contribution is -0.144. The summed E-state index contributed by atoms with van der Waals surface area (Å²) in [5.74, 6) is -1.28. The van der Waals surface area contributed by atoms with Crippen molar-refractivity contribution in [3.63, 3.8) is 0 Å². The van der Waals surface area contributed by atoms with Crippen LogP contribution in [0.4, 0.5) is 21.6 Å². The number of carbonyl (C=O) groups excluding carboxylic acids is 4. The van der Waals surface area contributed by atoms with Crippen LogP contribution in [-0.2, 0) is 43.4 Å². The van der Waals surface area contributed by atoms with Crippen LogP contribution in [0.2, 0.25) is 5.02 Å². The van der Waals surface area contributed by atoms with Gasteiger partial charge in [0.2, 0.25) is 23.6 Å². The number of ether oxygens (including phenoxy) is 2. The van der Waals surface area contributed by atoms with E-state index in [-0.39, 0.29) is 49.6 Å². The van der Waals surface area contributed by atoms with Crippen LogP contribution in [0.25, 0.3) is 21.3 Å². The van der Waals surface area contributed by atoms with Crippen LogP contribution in [-0.4, -0.2) is 133 Å². The number of hydrogen-bond acceptors (Lipinski definition) is 15. The van der Waals surface area contributed by atoms with Crippen molar-refractivity contribution in [2.24, 2.45) is 5.41 Å². The summed E-state index contributed by atoms with van der Waals surface area (Å²) < 4.78 is 27.5. The average Bonchev–Trinajstić information content (AvgIpc) is 4.23. The zero-order valence-corrected chi connectivity index (χ0v) is 46.0. The van der Waals surface area contributed by atoms with Gasteiger partial charge in [0.05, 0.1) is 63.9 Å². The predicted molar refractivity (Wildman–Crippen MR) is 298 cm³/mol. The number of nitrogens with one attached hydrogen (secondary N) is 4. The molecule has 0 unspecified atom stereocenters. The Bertz CT molecular complexity index is 3050. The second-order valence-corrected chi connectivity index (χ2v) is 22.0. The summed E-state index contributed by atoms with van der Waals surface area (Å²) in [4.78, 5) is 72.0. The monoisotopic (exact) mass is 1110 g/mol. The number of aryl methyl sites for hydroxylation is 2. The Morgan fingerprint density at radius 1 is 0.987 bits per heavy atom. The fraction of sp³-hybridized carbons (Fsp3) is 0.446. The van der Waals surface area contributed by atoms with Crippen molar-refractivity contribution in [2.75, 3.05) is 56.6 Å².